The molecule has 10 heteroatoms. The van der Waals surface area contributed by atoms with Crippen molar-refractivity contribution in [2.75, 3.05) is 26.2 Å². The topological polar surface area (TPSA) is 99.9 Å². The van der Waals surface area contributed by atoms with E-state index in [0.29, 0.717) is 48.2 Å². The first kappa shape index (κ1) is 37.1. The summed E-state index contributed by atoms with van der Waals surface area (Å²) in [6.45, 7) is 5.61. The second-order valence-electron chi connectivity index (χ2n) is 14.5. The molecule has 0 amide bonds. The maximum atomic E-state index is 13.6. The quantitative estimate of drug-likeness (QED) is 0.124. The Labute approximate surface area is 316 Å². The summed E-state index contributed by atoms with van der Waals surface area (Å²) < 4.78 is 32.9. The highest BCUT2D eigenvalue weighted by Crippen LogP contribution is 2.44. The lowest BCUT2D eigenvalue weighted by Gasteiger charge is -2.29. The minimum atomic E-state index is -0.699. The molecule has 2 fully saturated rings. The lowest BCUT2D eigenvalue weighted by Crippen LogP contribution is -2.41. The normalized spacial score (nSPS) is 21.3. The van der Waals surface area contributed by atoms with Crippen LogP contribution in [0.3, 0.4) is 0 Å². The number of benzene rings is 3. The summed E-state index contributed by atoms with van der Waals surface area (Å²) >= 11 is 6.94. The summed E-state index contributed by atoms with van der Waals surface area (Å²) in [4.78, 5) is 6.36. The van der Waals surface area contributed by atoms with Crippen LogP contribution in [0, 0.1) is 18.3 Å². The van der Waals surface area contributed by atoms with Crippen LogP contribution in [0.15, 0.2) is 67.0 Å². The first-order chi connectivity index (χ1) is 25.9. The number of nitrogens with one attached hydrogen (secondary N) is 1. The third kappa shape index (κ3) is 8.96. The highest BCUT2D eigenvalue weighted by atomic mass is 35.5. The average molecular weight is 739 g/mol. The molecule has 278 valence electrons. The van der Waals surface area contributed by atoms with E-state index in [0.717, 1.165) is 91.6 Å². The summed E-state index contributed by atoms with van der Waals surface area (Å²) in [5.74, 6) is 2.03. The van der Waals surface area contributed by atoms with E-state index < -0.39 is 6.17 Å². The molecule has 2 heterocycles. The number of hydrogen-bond acceptors (Lipinski definition) is 8. The van der Waals surface area contributed by atoms with E-state index in [2.05, 4.69) is 52.5 Å². The van der Waals surface area contributed by atoms with Crippen molar-refractivity contribution in [1.82, 2.24) is 15.2 Å². The van der Waals surface area contributed by atoms with Crippen LogP contribution in [0.1, 0.15) is 84.4 Å². The molecule has 1 aliphatic heterocycles. The third-order valence-electron chi connectivity index (χ3n) is 10.9. The van der Waals surface area contributed by atoms with E-state index >= 15 is 0 Å². The van der Waals surface area contributed by atoms with Gasteiger partial charge in [0, 0.05) is 61.8 Å². The molecular weight excluding hydrogens is 691 g/mol. The predicted molar refractivity (Wildman–Crippen MR) is 204 cm³/mol. The van der Waals surface area contributed by atoms with E-state index in [1.54, 1.807) is 12.3 Å². The Bertz CT molecular complexity index is 1940. The molecule has 0 radical (unpaired) electrons. The smallest absolute Gasteiger partial charge is 0.142 e. The first-order valence-electron chi connectivity index (χ1n) is 18.9. The van der Waals surface area contributed by atoms with Crippen molar-refractivity contribution < 1.29 is 23.7 Å². The second kappa shape index (κ2) is 17.3. The molecule has 0 spiro atoms. The van der Waals surface area contributed by atoms with Gasteiger partial charge in [0.25, 0.3) is 0 Å². The van der Waals surface area contributed by atoms with Gasteiger partial charge in [-0.05, 0) is 91.5 Å². The van der Waals surface area contributed by atoms with Crippen molar-refractivity contribution in [3.63, 3.8) is 0 Å². The van der Waals surface area contributed by atoms with Crippen molar-refractivity contribution in [3.05, 3.63) is 105 Å². The van der Waals surface area contributed by atoms with Gasteiger partial charge in [0.2, 0.25) is 0 Å². The molecule has 4 aromatic rings. The largest absolute Gasteiger partial charge is 0.493 e. The molecule has 1 saturated heterocycles. The zero-order chi connectivity index (χ0) is 36.7. The maximum absolute atomic E-state index is 13.6. The first-order valence-corrected chi connectivity index (χ1v) is 19.3. The molecule has 2 N–H and O–H groups in total. The number of rotatable bonds is 14. The number of ether oxygens (including phenoxy) is 3. The van der Waals surface area contributed by atoms with Gasteiger partial charge in [-0.3, -0.25) is 4.98 Å². The van der Waals surface area contributed by atoms with Crippen LogP contribution in [0.2, 0.25) is 5.02 Å². The molecule has 0 unspecified atom stereocenters. The minimum Gasteiger partial charge on any atom is -0.493 e. The Hall–Kier alpha value is -4.20. The fourth-order valence-electron chi connectivity index (χ4n) is 7.98. The molecule has 2 aliphatic carbocycles. The number of pyridine rings is 1. The van der Waals surface area contributed by atoms with Gasteiger partial charge >= 0.3 is 0 Å². The molecule has 1 saturated carbocycles. The number of nitrogens with zero attached hydrogens (tertiary/aromatic N) is 3. The Morgan fingerprint density at radius 2 is 1.85 bits per heavy atom. The highest BCUT2D eigenvalue weighted by molar-refractivity contribution is 6.32. The van der Waals surface area contributed by atoms with Gasteiger partial charge in [-0.25, -0.2) is 4.39 Å². The van der Waals surface area contributed by atoms with Crippen molar-refractivity contribution in [2.24, 2.45) is 0 Å². The number of aromatic nitrogens is 1. The monoisotopic (exact) mass is 738 g/mol. The summed E-state index contributed by atoms with van der Waals surface area (Å²) in [6.07, 6.45) is 8.94. The molecule has 4 atom stereocenters. The number of aliphatic hydroxyl groups excluding tert-OH is 1. The van der Waals surface area contributed by atoms with Gasteiger partial charge in [0.1, 0.15) is 42.2 Å². The molecule has 8 nitrogen and oxygen atoms in total. The van der Waals surface area contributed by atoms with Gasteiger partial charge < -0.3 is 29.5 Å². The second-order valence-corrected chi connectivity index (χ2v) is 15.0. The average Bonchev–Trinajstić information content (AvgIpc) is 3.79. The van der Waals surface area contributed by atoms with Gasteiger partial charge in [-0.1, -0.05) is 54.8 Å². The van der Waals surface area contributed by atoms with Gasteiger partial charge in [-0.2, -0.15) is 5.26 Å². The Kier molecular flexibility index (Phi) is 12.1. The minimum absolute atomic E-state index is 0.00873. The number of likely N-dealkylation sites (tertiary alicyclic amines) is 1. The summed E-state index contributed by atoms with van der Waals surface area (Å²) in [5.41, 5.74) is 7.93. The lowest BCUT2D eigenvalue weighted by molar-refractivity contribution is 0.0901. The van der Waals surface area contributed by atoms with Crippen molar-refractivity contribution in [3.8, 4) is 34.4 Å². The van der Waals surface area contributed by atoms with E-state index in [9.17, 15) is 14.8 Å². The number of fused-ring (bicyclic) bond motifs is 1. The fraction of sp³-hybridized carbons (Fsp3) is 0.442. The van der Waals surface area contributed by atoms with Crippen molar-refractivity contribution in [2.45, 2.75) is 95.9 Å². The molecular formula is C43H48ClFN4O4. The van der Waals surface area contributed by atoms with Crippen LogP contribution in [0.5, 0.6) is 17.2 Å². The standard InChI is InChI=1S/C43H48ClFN4O4/c1-28-33(7-5-12-40(28)51-18-6-16-49-17-15-32(45)26-49)34-8-4-9-36-35(34)13-14-41(36)53-43-21-42(52-27-30-19-29(22-46)23-47-24-30)31(20-37(43)44)25-48-38-10-2-3-11-39(38)50/h4-5,7-9,12,19-21,23-24,32,38-39,41,48,50H,2-3,6,10-11,13-18,25-27H2,1H3/t32-,38+,39-,41-/m0/s1. The van der Waals surface area contributed by atoms with Crippen molar-refractivity contribution >= 4 is 11.6 Å². The Morgan fingerprint density at radius 1 is 1.00 bits per heavy atom. The van der Waals surface area contributed by atoms with Crippen LogP contribution >= 0.6 is 11.6 Å². The van der Waals surface area contributed by atoms with Crippen LogP contribution in [0.25, 0.3) is 11.1 Å². The van der Waals surface area contributed by atoms with E-state index in [-0.39, 0.29) is 24.9 Å². The maximum Gasteiger partial charge on any atom is 0.142 e. The van der Waals surface area contributed by atoms with Gasteiger partial charge in [0.05, 0.1) is 23.3 Å². The molecule has 1 aromatic heterocycles. The summed E-state index contributed by atoms with van der Waals surface area (Å²) in [6, 6.07) is 20.3. The zero-order valence-corrected chi connectivity index (χ0v) is 31.1. The number of aliphatic hydroxyl groups is 1. The zero-order valence-electron chi connectivity index (χ0n) is 30.3. The molecule has 7 rings (SSSR count). The Balaban J connectivity index is 1.08. The van der Waals surface area contributed by atoms with E-state index in [1.165, 1.54) is 17.3 Å². The molecule has 53 heavy (non-hydrogen) atoms. The number of alkyl halides is 1. The number of hydrogen-bond donors (Lipinski definition) is 2. The predicted octanol–water partition coefficient (Wildman–Crippen LogP) is 8.43. The third-order valence-corrected chi connectivity index (χ3v) is 11.2. The van der Waals surface area contributed by atoms with Crippen LogP contribution in [-0.4, -0.2) is 59.5 Å². The lowest BCUT2D eigenvalue weighted by atomic mass is 9.92. The van der Waals surface area contributed by atoms with Gasteiger partial charge in [0.15, 0.2) is 0 Å². The number of halogens is 2. The van der Waals surface area contributed by atoms with Crippen molar-refractivity contribution in [1.29, 1.82) is 5.26 Å². The molecule has 0 bridgehead atoms. The fourth-order valence-corrected chi connectivity index (χ4v) is 8.21. The van der Waals surface area contributed by atoms with Crippen LogP contribution in [-0.2, 0) is 19.6 Å². The summed E-state index contributed by atoms with van der Waals surface area (Å²) in [7, 11) is 0. The molecule has 3 aromatic carbocycles. The molecule has 3 aliphatic rings. The summed E-state index contributed by atoms with van der Waals surface area (Å²) in [5, 5.41) is 23.9. The number of nitriles is 1. The SMILES string of the molecule is Cc1c(OCCCN2CC[C@H](F)C2)cccc1-c1cccc2c1CC[C@@H]2Oc1cc(OCc2cncc(C#N)c2)c(CN[C@@H]2CCCC[C@@H]2O)cc1Cl. The van der Waals surface area contributed by atoms with Crippen LogP contribution in [0.4, 0.5) is 4.39 Å². The highest BCUT2D eigenvalue weighted by Gasteiger charge is 2.29. The van der Waals surface area contributed by atoms with Gasteiger partial charge in [-0.15, -0.1) is 0 Å². The van der Waals surface area contributed by atoms with E-state index in [1.807, 2.05) is 24.3 Å². The Morgan fingerprint density at radius 3 is 2.68 bits per heavy atom. The van der Waals surface area contributed by atoms with E-state index in [4.69, 9.17) is 25.8 Å². The van der Waals surface area contributed by atoms with Crippen LogP contribution < -0.4 is 19.5 Å².